The van der Waals surface area contributed by atoms with Gasteiger partial charge in [-0.25, -0.2) is 4.39 Å². The Morgan fingerprint density at radius 2 is 2.17 bits per heavy atom. The van der Waals surface area contributed by atoms with Crippen LogP contribution in [0.5, 0.6) is 0 Å². The number of amides is 2. The highest BCUT2D eigenvalue weighted by atomic mass is 32.2. The predicted octanol–water partition coefficient (Wildman–Crippen LogP) is 1.39. The third-order valence-corrected chi connectivity index (χ3v) is 6.38. The number of carbonyl (C=O) groups is 2. The molecule has 1 N–H and O–H groups in total. The Bertz CT molecular complexity index is 639. The molecule has 2 amide bonds. The van der Waals surface area contributed by atoms with Gasteiger partial charge in [0, 0.05) is 32.3 Å². The molecule has 1 aromatic carbocycles. The van der Waals surface area contributed by atoms with Gasteiger partial charge in [-0.3, -0.25) is 9.59 Å². The van der Waals surface area contributed by atoms with Crippen molar-refractivity contribution in [1.82, 2.24) is 15.1 Å². The molecule has 0 spiro atoms. The number of likely N-dealkylation sites (N-methyl/N-ethyl adjacent to an activating group) is 2. The fraction of sp³-hybridized carbons (Fsp3) is 0.529. The van der Waals surface area contributed by atoms with Crippen LogP contribution in [0.1, 0.15) is 18.4 Å². The van der Waals surface area contributed by atoms with Crippen LogP contribution in [-0.2, 0) is 14.5 Å². The zero-order chi connectivity index (χ0) is 17.3. The molecule has 2 saturated heterocycles. The molecule has 130 valence electrons. The fourth-order valence-corrected chi connectivity index (χ4v) is 5.12. The molecule has 2 aliphatic rings. The number of rotatable bonds is 5. The van der Waals surface area contributed by atoms with Crippen molar-refractivity contribution < 1.29 is 14.0 Å². The minimum Gasteiger partial charge on any atom is -0.343 e. The Hall–Kier alpha value is -1.60. The predicted molar refractivity (Wildman–Crippen MR) is 92.0 cm³/mol. The summed E-state index contributed by atoms with van der Waals surface area (Å²) in [5.41, 5.74) is 0.896. The molecule has 2 heterocycles. The summed E-state index contributed by atoms with van der Waals surface area (Å²) in [5.74, 6) is 0.251. The summed E-state index contributed by atoms with van der Waals surface area (Å²) >= 11 is 1.62. The van der Waals surface area contributed by atoms with E-state index in [0.717, 1.165) is 5.56 Å². The monoisotopic (exact) mass is 351 g/mol. The van der Waals surface area contributed by atoms with E-state index in [2.05, 4.69) is 5.32 Å². The van der Waals surface area contributed by atoms with Crippen LogP contribution in [0.2, 0.25) is 0 Å². The summed E-state index contributed by atoms with van der Waals surface area (Å²) in [4.78, 5) is 28.2. The standard InChI is InChI=1S/C17H22FN3O2S/c1-19-9-10-20(2)16(23)14-11-24-17(8-7-15(22)21(14)17)12-3-5-13(18)6-4-12/h3-6,14,19H,7-11H2,1-2H3. The van der Waals surface area contributed by atoms with Crippen molar-refractivity contribution in [3.63, 3.8) is 0 Å². The van der Waals surface area contributed by atoms with Crippen molar-refractivity contribution >= 4 is 23.6 Å². The lowest BCUT2D eigenvalue weighted by atomic mass is 10.0. The van der Waals surface area contributed by atoms with Gasteiger partial charge in [0.25, 0.3) is 0 Å². The minimum absolute atomic E-state index is 0.00434. The molecule has 2 unspecified atom stereocenters. The Morgan fingerprint density at radius 1 is 1.46 bits per heavy atom. The van der Waals surface area contributed by atoms with E-state index < -0.39 is 10.9 Å². The maximum atomic E-state index is 13.3. The third kappa shape index (κ3) is 2.80. The van der Waals surface area contributed by atoms with E-state index in [1.165, 1.54) is 12.1 Å². The number of hydrogen-bond donors (Lipinski definition) is 1. The maximum Gasteiger partial charge on any atom is 0.246 e. The minimum atomic E-state index is -0.533. The number of benzene rings is 1. The van der Waals surface area contributed by atoms with Gasteiger partial charge in [0.05, 0.1) is 0 Å². The first-order chi connectivity index (χ1) is 11.5. The molecule has 1 aromatic rings. The van der Waals surface area contributed by atoms with Crippen molar-refractivity contribution in [2.45, 2.75) is 23.8 Å². The van der Waals surface area contributed by atoms with E-state index in [0.29, 0.717) is 31.7 Å². The van der Waals surface area contributed by atoms with Crippen LogP contribution in [-0.4, -0.2) is 60.6 Å². The first-order valence-corrected chi connectivity index (χ1v) is 9.10. The number of nitrogens with one attached hydrogen (secondary N) is 1. The molecule has 2 atom stereocenters. The Labute approximate surface area is 145 Å². The van der Waals surface area contributed by atoms with E-state index in [1.807, 2.05) is 7.05 Å². The van der Waals surface area contributed by atoms with Crippen molar-refractivity contribution in [3.05, 3.63) is 35.6 Å². The van der Waals surface area contributed by atoms with Gasteiger partial charge in [0.2, 0.25) is 11.8 Å². The first-order valence-electron chi connectivity index (χ1n) is 8.11. The van der Waals surface area contributed by atoms with Crippen molar-refractivity contribution in [1.29, 1.82) is 0 Å². The van der Waals surface area contributed by atoms with E-state index >= 15 is 0 Å². The summed E-state index contributed by atoms with van der Waals surface area (Å²) in [5, 5.41) is 3.02. The normalized spacial score (nSPS) is 25.9. The zero-order valence-electron chi connectivity index (χ0n) is 13.9. The molecule has 0 radical (unpaired) electrons. The smallest absolute Gasteiger partial charge is 0.246 e. The summed E-state index contributed by atoms with van der Waals surface area (Å²) in [6.45, 7) is 1.31. The number of hydrogen-bond acceptors (Lipinski definition) is 4. The van der Waals surface area contributed by atoms with Gasteiger partial charge in [-0.05, 0) is 31.2 Å². The molecule has 2 aliphatic heterocycles. The number of fused-ring (bicyclic) bond motifs is 1. The molecule has 0 aliphatic carbocycles. The third-order valence-electron chi connectivity index (χ3n) is 4.78. The largest absolute Gasteiger partial charge is 0.343 e. The summed E-state index contributed by atoms with van der Waals surface area (Å²) in [6, 6.07) is 5.84. The lowest BCUT2D eigenvalue weighted by Crippen LogP contribution is -2.51. The van der Waals surface area contributed by atoms with Crippen molar-refractivity contribution in [2.75, 3.05) is 32.9 Å². The van der Waals surface area contributed by atoms with Crippen LogP contribution < -0.4 is 5.32 Å². The van der Waals surface area contributed by atoms with Gasteiger partial charge in [0.15, 0.2) is 0 Å². The number of thioether (sulfide) groups is 1. The van der Waals surface area contributed by atoms with Gasteiger partial charge in [-0.1, -0.05) is 12.1 Å². The van der Waals surface area contributed by atoms with E-state index in [1.54, 1.807) is 40.7 Å². The van der Waals surface area contributed by atoms with E-state index in [4.69, 9.17) is 0 Å². The Balaban J connectivity index is 1.87. The second-order valence-corrected chi connectivity index (χ2v) is 7.54. The fourth-order valence-electron chi connectivity index (χ4n) is 3.48. The zero-order valence-corrected chi connectivity index (χ0v) is 14.7. The first kappa shape index (κ1) is 17.2. The quantitative estimate of drug-likeness (QED) is 0.871. The molecule has 0 bridgehead atoms. The van der Waals surface area contributed by atoms with Crippen LogP contribution in [0.4, 0.5) is 4.39 Å². The Morgan fingerprint density at radius 3 is 2.83 bits per heavy atom. The van der Waals surface area contributed by atoms with E-state index in [-0.39, 0.29) is 17.6 Å². The molecule has 24 heavy (non-hydrogen) atoms. The highest BCUT2D eigenvalue weighted by Crippen LogP contribution is 2.54. The topological polar surface area (TPSA) is 52.7 Å². The van der Waals surface area contributed by atoms with Gasteiger partial charge < -0.3 is 15.1 Å². The highest BCUT2D eigenvalue weighted by molar-refractivity contribution is 8.00. The second kappa shape index (κ2) is 6.72. The molecule has 0 aromatic heterocycles. The van der Waals surface area contributed by atoms with Crippen molar-refractivity contribution in [2.24, 2.45) is 0 Å². The van der Waals surface area contributed by atoms with Gasteiger partial charge >= 0.3 is 0 Å². The molecular weight excluding hydrogens is 329 g/mol. The van der Waals surface area contributed by atoms with Crippen molar-refractivity contribution in [3.8, 4) is 0 Å². The van der Waals surface area contributed by atoms with Crippen LogP contribution >= 0.6 is 11.8 Å². The second-order valence-electron chi connectivity index (χ2n) is 6.25. The average Bonchev–Trinajstić information content (AvgIpc) is 3.12. The van der Waals surface area contributed by atoms with Crippen LogP contribution in [0, 0.1) is 5.82 Å². The molecule has 0 saturated carbocycles. The molecular formula is C17H22FN3O2S. The molecule has 7 heteroatoms. The molecule has 5 nitrogen and oxygen atoms in total. The summed E-state index contributed by atoms with van der Waals surface area (Å²) in [6.07, 6.45) is 1.08. The number of nitrogens with zero attached hydrogens (tertiary/aromatic N) is 2. The lowest BCUT2D eigenvalue weighted by Gasteiger charge is -2.35. The van der Waals surface area contributed by atoms with Gasteiger partial charge in [-0.15, -0.1) is 11.8 Å². The van der Waals surface area contributed by atoms with Crippen LogP contribution in [0.15, 0.2) is 24.3 Å². The molecule has 2 fully saturated rings. The number of carbonyl (C=O) groups excluding carboxylic acids is 2. The lowest BCUT2D eigenvalue weighted by molar-refractivity contribution is -0.143. The maximum absolute atomic E-state index is 13.3. The summed E-state index contributed by atoms with van der Waals surface area (Å²) < 4.78 is 13.3. The van der Waals surface area contributed by atoms with Crippen LogP contribution in [0.25, 0.3) is 0 Å². The average molecular weight is 351 g/mol. The van der Waals surface area contributed by atoms with Gasteiger partial charge in [-0.2, -0.15) is 0 Å². The Kier molecular flexibility index (Phi) is 4.83. The van der Waals surface area contributed by atoms with Crippen LogP contribution in [0.3, 0.4) is 0 Å². The summed E-state index contributed by atoms with van der Waals surface area (Å²) in [7, 11) is 3.61. The number of halogens is 1. The van der Waals surface area contributed by atoms with E-state index in [9.17, 15) is 14.0 Å². The van der Waals surface area contributed by atoms with Gasteiger partial charge in [0.1, 0.15) is 16.7 Å². The molecule has 3 rings (SSSR count). The highest BCUT2D eigenvalue weighted by Gasteiger charge is 2.56. The SMILES string of the molecule is CNCCN(C)C(=O)C1CSC2(c3ccc(F)cc3)CCC(=O)N12.